The van der Waals surface area contributed by atoms with Crippen LogP contribution in [0, 0.1) is 5.92 Å². The van der Waals surface area contributed by atoms with Crippen molar-refractivity contribution in [3.8, 4) is 0 Å². The van der Waals surface area contributed by atoms with Crippen molar-refractivity contribution in [2.24, 2.45) is 11.0 Å². The monoisotopic (exact) mass is 140 g/mol. The highest BCUT2D eigenvalue weighted by Gasteiger charge is 2.10. The van der Waals surface area contributed by atoms with Gasteiger partial charge in [0.15, 0.2) is 0 Å². The molecule has 4 heteroatoms. The van der Waals surface area contributed by atoms with Crippen molar-refractivity contribution in [2.45, 2.75) is 12.8 Å². The van der Waals surface area contributed by atoms with Crippen LogP contribution in [-0.4, -0.2) is 19.6 Å². The number of piperidine rings is 1. The molecule has 0 saturated carbocycles. The Morgan fingerprint density at radius 3 is 3.20 bits per heavy atom. The molecule has 0 unspecified atom stereocenters. The third kappa shape index (κ3) is 2.25. The Kier molecular flexibility index (Phi) is 3.06. The fourth-order valence-electron chi connectivity index (χ4n) is 1.23. The van der Waals surface area contributed by atoms with Crippen LogP contribution in [0.2, 0.25) is 0 Å². The molecule has 1 N–H and O–H groups in total. The molecule has 1 aliphatic heterocycles. The van der Waals surface area contributed by atoms with E-state index >= 15 is 0 Å². The Labute approximate surface area is 60.2 Å². The number of azide groups is 1. The van der Waals surface area contributed by atoms with Gasteiger partial charge in [0.25, 0.3) is 0 Å². The van der Waals surface area contributed by atoms with Crippen molar-refractivity contribution in [3.05, 3.63) is 10.4 Å². The highest BCUT2D eigenvalue weighted by Crippen LogP contribution is 2.09. The summed E-state index contributed by atoms with van der Waals surface area (Å²) in [6.45, 7) is 2.79. The van der Waals surface area contributed by atoms with Gasteiger partial charge >= 0.3 is 0 Å². The van der Waals surface area contributed by atoms with Gasteiger partial charge in [-0.3, -0.25) is 0 Å². The zero-order valence-corrected chi connectivity index (χ0v) is 5.95. The first-order chi connectivity index (χ1) is 4.93. The molecule has 1 saturated heterocycles. The van der Waals surface area contributed by atoms with Crippen LogP contribution in [0.15, 0.2) is 5.11 Å². The molecule has 1 atom stereocenters. The molecule has 0 aromatic heterocycles. The predicted octanol–water partition coefficient (Wildman–Crippen LogP) is 1.30. The van der Waals surface area contributed by atoms with Gasteiger partial charge in [-0.05, 0) is 37.4 Å². The molecule has 56 valence electrons. The highest BCUT2D eigenvalue weighted by molar-refractivity contribution is 4.70. The van der Waals surface area contributed by atoms with E-state index in [9.17, 15) is 0 Å². The fourth-order valence-corrected chi connectivity index (χ4v) is 1.23. The molecule has 0 bridgehead atoms. The van der Waals surface area contributed by atoms with E-state index in [0.717, 1.165) is 13.1 Å². The summed E-state index contributed by atoms with van der Waals surface area (Å²) >= 11 is 0. The first-order valence-corrected chi connectivity index (χ1v) is 3.65. The van der Waals surface area contributed by atoms with E-state index in [1.165, 1.54) is 12.8 Å². The van der Waals surface area contributed by atoms with Gasteiger partial charge in [-0.15, -0.1) is 0 Å². The number of hydrogen-bond donors (Lipinski definition) is 1. The van der Waals surface area contributed by atoms with Crippen molar-refractivity contribution in [1.82, 2.24) is 5.32 Å². The number of hydrogen-bond acceptors (Lipinski definition) is 2. The zero-order valence-electron chi connectivity index (χ0n) is 5.95. The Hall–Kier alpha value is -0.730. The SMILES string of the molecule is [N-]=[N+]=NC[C@H]1CCCNC1. The predicted molar refractivity (Wildman–Crippen MR) is 39.6 cm³/mol. The van der Waals surface area contributed by atoms with Crippen molar-refractivity contribution >= 4 is 0 Å². The minimum Gasteiger partial charge on any atom is -0.316 e. The molecule has 0 amide bonds. The van der Waals surface area contributed by atoms with E-state index in [2.05, 4.69) is 15.3 Å². The van der Waals surface area contributed by atoms with Gasteiger partial charge in [0.1, 0.15) is 0 Å². The molecule has 10 heavy (non-hydrogen) atoms. The van der Waals surface area contributed by atoms with E-state index < -0.39 is 0 Å². The van der Waals surface area contributed by atoms with Gasteiger partial charge in [0.2, 0.25) is 0 Å². The van der Waals surface area contributed by atoms with Crippen LogP contribution in [0.25, 0.3) is 10.4 Å². The van der Waals surface area contributed by atoms with Crippen LogP contribution in [0.1, 0.15) is 12.8 Å². The van der Waals surface area contributed by atoms with E-state index in [1.807, 2.05) is 0 Å². The van der Waals surface area contributed by atoms with Crippen LogP contribution < -0.4 is 5.32 Å². The Morgan fingerprint density at radius 1 is 1.70 bits per heavy atom. The van der Waals surface area contributed by atoms with E-state index in [1.54, 1.807) is 0 Å². The second-order valence-corrected chi connectivity index (χ2v) is 2.63. The van der Waals surface area contributed by atoms with E-state index in [4.69, 9.17) is 5.53 Å². The smallest absolute Gasteiger partial charge is 0.0298 e. The molecule has 1 fully saturated rings. The number of nitrogens with one attached hydrogen (secondary N) is 1. The summed E-state index contributed by atoms with van der Waals surface area (Å²) in [7, 11) is 0. The molecule has 0 aromatic carbocycles. The lowest BCUT2D eigenvalue weighted by Gasteiger charge is -2.20. The average molecular weight is 140 g/mol. The molecule has 1 rings (SSSR count). The van der Waals surface area contributed by atoms with Crippen LogP contribution in [0.4, 0.5) is 0 Å². The summed E-state index contributed by atoms with van der Waals surface area (Å²) in [6.07, 6.45) is 2.41. The molecule has 0 aromatic rings. The summed E-state index contributed by atoms with van der Waals surface area (Å²) < 4.78 is 0. The van der Waals surface area contributed by atoms with Crippen LogP contribution in [0.5, 0.6) is 0 Å². The fraction of sp³-hybridized carbons (Fsp3) is 1.00. The topological polar surface area (TPSA) is 60.8 Å². The van der Waals surface area contributed by atoms with Crippen molar-refractivity contribution in [3.63, 3.8) is 0 Å². The first-order valence-electron chi connectivity index (χ1n) is 3.65. The van der Waals surface area contributed by atoms with Crippen LogP contribution >= 0.6 is 0 Å². The maximum Gasteiger partial charge on any atom is 0.0298 e. The molecular formula is C6H12N4. The average Bonchev–Trinajstić information content (AvgIpc) is 2.03. The van der Waals surface area contributed by atoms with Gasteiger partial charge < -0.3 is 5.32 Å². The van der Waals surface area contributed by atoms with Crippen molar-refractivity contribution in [2.75, 3.05) is 19.6 Å². The lowest BCUT2D eigenvalue weighted by atomic mass is 10.0. The summed E-state index contributed by atoms with van der Waals surface area (Å²) in [5.41, 5.74) is 8.03. The second-order valence-electron chi connectivity index (χ2n) is 2.63. The molecule has 0 aliphatic carbocycles. The summed E-state index contributed by atoms with van der Waals surface area (Å²) in [4.78, 5) is 2.73. The van der Waals surface area contributed by atoms with Gasteiger partial charge in [-0.25, -0.2) is 0 Å². The Balaban J connectivity index is 2.19. The third-order valence-electron chi connectivity index (χ3n) is 1.80. The van der Waals surface area contributed by atoms with Gasteiger partial charge in [0, 0.05) is 11.5 Å². The van der Waals surface area contributed by atoms with Gasteiger partial charge in [-0.1, -0.05) is 5.11 Å². The molecule has 1 heterocycles. The minimum absolute atomic E-state index is 0.574. The number of rotatable bonds is 2. The molecule has 4 nitrogen and oxygen atoms in total. The molecule has 1 aliphatic rings. The Morgan fingerprint density at radius 2 is 2.60 bits per heavy atom. The Bertz CT molecular complexity index is 133. The van der Waals surface area contributed by atoms with Crippen LogP contribution in [-0.2, 0) is 0 Å². The summed E-state index contributed by atoms with van der Waals surface area (Å²) in [6, 6.07) is 0. The zero-order chi connectivity index (χ0) is 7.23. The standard InChI is InChI=1S/C6H12N4/c7-10-9-5-6-2-1-3-8-4-6/h6,8H,1-5H2/t6-/m0/s1. The molecule has 0 spiro atoms. The largest absolute Gasteiger partial charge is 0.316 e. The van der Waals surface area contributed by atoms with E-state index in [-0.39, 0.29) is 0 Å². The normalized spacial score (nSPS) is 25.4. The lowest BCUT2D eigenvalue weighted by Crippen LogP contribution is -2.31. The summed E-state index contributed by atoms with van der Waals surface area (Å²) in [5, 5.41) is 6.80. The van der Waals surface area contributed by atoms with Crippen LogP contribution in [0.3, 0.4) is 0 Å². The van der Waals surface area contributed by atoms with E-state index in [0.29, 0.717) is 12.5 Å². The van der Waals surface area contributed by atoms with Crippen molar-refractivity contribution < 1.29 is 0 Å². The highest BCUT2D eigenvalue weighted by atomic mass is 15.1. The summed E-state index contributed by atoms with van der Waals surface area (Å²) in [5.74, 6) is 0.574. The molecular weight excluding hydrogens is 128 g/mol. The molecule has 0 radical (unpaired) electrons. The van der Waals surface area contributed by atoms with Crippen molar-refractivity contribution in [1.29, 1.82) is 0 Å². The maximum atomic E-state index is 8.03. The lowest BCUT2D eigenvalue weighted by molar-refractivity contribution is 0.385. The second kappa shape index (κ2) is 4.14. The number of nitrogens with zero attached hydrogens (tertiary/aromatic N) is 3. The maximum absolute atomic E-state index is 8.03. The first kappa shape index (κ1) is 7.38. The quantitative estimate of drug-likeness (QED) is 0.350. The van der Waals surface area contributed by atoms with Gasteiger partial charge in [0.05, 0.1) is 0 Å². The third-order valence-corrected chi connectivity index (χ3v) is 1.80. The van der Waals surface area contributed by atoms with Gasteiger partial charge in [-0.2, -0.15) is 0 Å². The minimum atomic E-state index is 0.574.